The monoisotopic (exact) mass is 535 g/mol. The van der Waals surface area contributed by atoms with Crippen LogP contribution < -0.4 is 5.43 Å². The average Bonchev–Trinajstić information content (AvgIpc) is 2.76. The van der Waals surface area contributed by atoms with Crippen molar-refractivity contribution in [2.45, 2.75) is 32.2 Å². The first-order chi connectivity index (χ1) is 16.5. The summed E-state index contributed by atoms with van der Waals surface area (Å²) in [7, 11) is -4.07. The van der Waals surface area contributed by atoms with Gasteiger partial charge < -0.3 is 0 Å². The fraction of sp³-hybridized carbons (Fsp3) is 0.200. The molecule has 0 aliphatic rings. The standard InChI is InChI=1S/C25H24Cl2FN3O3S/c1-16-11-17(2)25(18(3)12-16)35(33,34)31(14-19-7-9-20(26)10-8-19)15-24(32)30-29-13-21-22(27)5-4-6-23(21)28/h4-13H,14-15H2,1-3H3,(H,30,32)/b29-13+. The molecule has 10 heteroatoms. The van der Waals surface area contributed by atoms with Crippen LogP contribution in [0.3, 0.4) is 0 Å². The molecular weight excluding hydrogens is 512 g/mol. The minimum absolute atomic E-state index is 0.00557. The number of sulfonamides is 1. The van der Waals surface area contributed by atoms with Gasteiger partial charge in [0.1, 0.15) is 5.82 Å². The van der Waals surface area contributed by atoms with Crippen LogP contribution in [0.4, 0.5) is 4.39 Å². The third kappa shape index (κ3) is 6.67. The molecule has 0 aliphatic heterocycles. The number of rotatable bonds is 8. The fourth-order valence-electron chi connectivity index (χ4n) is 3.72. The Bertz CT molecular complexity index is 1330. The van der Waals surface area contributed by atoms with Crippen molar-refractivity contribution in [3.8, 4) is 0 Å². The van der Waals surface area contributed by atoms with Gasteiger partial charge in [0.25, 0.3) is 5.91 Å². The maximum absolute atomic E-state index is 13.9. The smallest absolute Gasteiger partial charge is 0.255 e. The Morgan fingerprint density at radius 2 is 1.69 bits per heavy atom. The lowest BCUT2D eigenvalue weighted by Gasteiger charge is -2.24. The molecule has 0 fully saturated rings. The van der Waals surface area contributed by atoms with E-state index in [2.05, 4.69) is 10.5 Å². The molecule has 0 radical (unpaired) electrons. The van der Waals surface area contributed by atoms with Crippen LogP contribution in [0.15, 0.2) is 64.6 Å². The van der Waals surface area contributed by atoms with Crippen LogP contribution in [-0.4, -0.2) is 31.4 Å². The van der Waals surface area contributed by atoms with Gasteiger partial charge in [0, 0.05) is 17.1 Å². The first-order valence-corrected chi connectivity index (χ1v) is 12.8. The van der Waals surface area contributed by atoms with Crippen molar-refractivity contribution in [3.63, 3.8) is 0 Å². The second-order valence-electron chi connectivity index (χ2n) is 8.06. The van der Waals surface area contributed by atoms with Gasteiger partial charge in [0.15, 0.2) is 0 Å². The summed E-state index contributed by atoms with van der Waals surface area (Å²) in [5.41, 5.74) is 5.00. The molecule has 0 atom stereocenters. The molecule has 0 saturated heterocycles. The summed E-state index contributed by atoms with van der Waals surface area (Å²) in [6, 6.07) is 14.4. The van der Waals surface area contributed by atoms with Crippen LogP contribution >= 0.6 is 23.2 Å². The van der Waals surface area contributed by atoms with Crippen molar-refractivity contribution in [3.05, 3.63) is 98.3 Å². The summed E-state index contributed by atoms with van der Waals surface area (Å²) in [5, 5.41) is 4.38. The third-order valence-corrected chi connectivity index (χ3v) is 7.86. The van der Waals surface area contributed by atoms with E-state index in [0.29, 0.717) is 21.7 Å². The van der Waals surface area contributed by atoms with Crippen LogP contribution in [0.25, 0.3) is 0 Å². The number of hydrogen-bond acceptors (Lipinski definition) is 4. The number of carbonyl (C=O) groups excluding carboxylic acids is 1. The maximum atomic E-state index is 13.9. The number of benzene rings is 3. The molecule has 3 aromatic carbocycles. The molecule has 1 amide bonds. The highest BCUT2D eigenvalue weighted by Gasteiger charge is 2.30. The molecule has 0 spiro atoms. The fourth-order valence-corrected chi connectivity index (χ4v) is 5.85. The van der Waals surface area contributed by atoms with Gasteiger partial charge in [-0.25, -0.2) is 18.2 Å². The minimum atomic E-state index is -4.07. The predicted molar refractivity (Wildman–Crippen MR) is 137 cm³/mol. The highest BCUT2D eigenvalue weighted by atomic mass is 35.5. The molecule has 0 heterocycles. The minimum Gasteiger partial charge on any atom is -0.272 e. The quantitative estimate of drug-likeness (QED) is 0.310. The highest BCUT2D eigenvalue weighted by molar-refractivity contribution is 7.89. The van der Waals surface area contributed by atoms with Gasteiger partial charge in [0.2, 0.25) is 10.0 Å². The number of nitrogens with one attached hydrogen (secondary N) is 1. The molecule has 0 aromatic heterocycles. The van der Waals surface area contributed by atoms with Crippen molar-refractivity contribution in [2.24, 2.45) is 5.10 Å². The van der Waals surface area contributed by atoms with Gasteiger partial charge in [-0.1, -0.05) is 59.1 Å². The highest BCUT2D eigenvalue weighted by Crippen LogP contribution is 2.26. The second-order valence-corrected chi connectivity index (χ2v) is 10.8. The summed E-state index contributed by atoms with van der Waals surface area (Å²) in [6.07, 6.45) is 1.07. The van der Waals surface area contributed by atoms with E-state index >= 15 is 0 Å². The normalized spacial score (nSPS) is 11.9. The van der Waals surface area contributed by atoms with E-state index in [1.165, 1.54) is 18.2 Å². The zero-order valence-corrected chi connectivity index (χ0v) is 21.7. The number of amides is 1. The molecule has 0 aliphatic carbocycles. The van der Waals surface area contributed by atoms with Gasteiger partial charge >= 0.3 is 0 Å². The van der Waals surface area contributed by atoms with E-state index in [1.807, 2.05) is 6.92 Å². The lowest BCUT2D eigenvalue weighted by Crippen LogP contribution is -2.39. The molecule has 1 N–H and O–H groups in total. The van der Waals surface area contributed by atoms with Crippen LogP contribution in [0.5, 0.6) is 0 Å². The van der Waals surface area contributed by atoms with E-state index in [1.54, 1.807) is 50.2 Å². The van der Waals surface area contributed by atoms with Crippen molar-refractivity contribution in [2.75, 3.05) is 6.54 Å². The lowest BCUT2D eigenvalue weighted by molar-refractivity contribution is -0.121. The van der Waals surface area contributed by atoms with E-state index in [4.69, 9.17) is 23.2 Å². The number of hydrazone groups is 1. The Kier molecular flexibility index (Phi) is 8.66. The average molecular weight is 536 g/mol. The Balaban J connectivity index is 1.89. The van der Waals surface area contributed by atoms with E-state index in [0.717, 1.165) is 16.1 Å². The van der Waals surface area contributed by atoms with Crippen LogP contribution in [-0.2, 0) is 21.4 Å². The van der Waals surface area contributed by atoms with Crippen molar-refractivity contribution in [1.29, 1.82) is 0 Å². The topological polar surface area (TPSA) is 78.8 Å². The number of aryl methyl sites for hydroxylation is 3. The zero-order chi connectivity index (χ0) is 25.8. The van der Waals surface area contributed by atoms with Crippen LogP contribution in [0.1, 0.15) is 27.8 Å². The molecule has 3 aromatic rings. The Hall–Kier alpha value is -2.78. The molecule has 184 valence electrons. The van der Waals surface area contributed by atoms with Crippen LogP contribution in [0.2, 0.25) is 10.0 Å². The van der Waals surface area contributed by atoms with Crippen molar-refractivity contribution < 1.29 is 17.6 Å². The van der Waals surface area contributed by atoms with E-state index < -0.39 is 28.3 Å². The van der Waals surface area contributed by atoms with Gasteiger partial charge in [-0.3, -0.25) is 4.79 Å². The second kappa shape index (κ2) is 11.3. The van der Waals surface area contributed by atoms with Gasteiger partial charge in [-0.15, -0.1) is 0 Å². The first-order valence-electron chi connectivity index (χ1n) is 10.6. The Morgan fingerprint density at radius 1 is 1.06 bits per heavy atom. The molecular formula is C25H24Cl2FN3O3S. The molecule has 6 nitrogen and oxygen atoms in total. The summed E-state index contributed by atoms with van der Waals surface area (Å²) < 4.78 is 42.4. The summed E-state index contributed by atoms with van der Waals surface area (Å²) >= 11 is 11.9. The Morgan fingerprint density at radius 3 is 2.29 bits per heavy atom. The maximum Gasteiger partial charge on any atom is 0.255 e. The van der Waals surface area contributed by atoms with E-state index in [-0.39, 0.29) is 22.0 Å². The molecule has 3 rings (SSSR count). The van der Waals surface area contributed by atoms with Crippen LogP contribution in [0, 0.1) is 26.6 Å². The zero-order valence-electron chi connectivity index (χ0n) is 19.3. The first kappa shape index (κ1) is 26.8. The van der Waals surface area contributed by atoms with Crippen molar-refractivity contribution in [1.82, 2.24) is 9.73 Å². The lowest BCUT2D eigenvalue weighted by atomic mass is 10.1. The van der Waals surface area contributed by atoms with E-state index in [9.17, 15) is 17.6 Å². The van der Waals surface area contributed by atoms with Gasteiger partial charge in [0.05, 0.1) is 22.7 Å². The SMILES string of the molecule is Cc1cc(C)c(S(=O)(=O)N(CC(=O)N/N=C/c2c(F)cccc2Cl)Cc2ccc(Cl)cc2)c(C)c1. The number of halogens is 3. The summed E-state index contributed by atoms with van der Waals surface area (Å²) in [4.78, 5) is 12.8. The molecule has 0 bridgehead atoms. The summed E-state index contributed by atoms with van der Waals surface area (Å²) in [5.74, 6) is -1.30. The number of nitrogens with zero attached hydrogens (tertiary/aromatic N) is 2. The molecule has 0 unspecified atom stereocenters. The number of hydrogen-bond donors (Lipinski definition) is 1. The van der Waals surface area contributed by atoms with Crippen molar-refractivity contribution >= 4 is 45.3 Å². The van der Waals surface area contributed by atoms with Gasteiger partial charge in [-0.2, -0.15) is 9.41 Å². The largest absolute Gasteiger partial charge is 0.272 e. The predicted octanol–water partition coefficient (Wildman–Crippen LogP) is 5.40. The Labute approximate surface area is 214 Å². The molecule has 0 saturated carbocycles. The number of carbonyl (C=O) groups is 1. The van der Waals surface area contributed by atoms with Gasteiger partial charge in [-0.05, 0) is 61.7 Å². The summed E-state index contributed by atoms with van der Waals surface area (Å²) in [6.45, 7) is 4.74. The molecule has 35 heavy (non-hydrogen) atoms. The third-order valence-electron chi connectivity index (χ3n) is 5.18.